The van der Waals surface area contributed by atoms with E-state index in [4.69, 9.17) is 0 Å². The van der Waals surface area contributed by atoms with Gasteiger partial charge in [0.15, 0.2) is 0 Å². The van der Waals surface area contributed by atoms with Crippen LogP contribution in [0.1, 0.15) is 12.6 Å². The van der Waals surface area contributed by atoms with Gasteiger partial charge in [0.25, 0.3) is 0 Å². The molecule has 6 heteroatoms. The largest absolute Gasteiger partial charge is 0.468 e. The first kappa shape index (κ1) is 10.1. The van der Waals surface area contributed by atoms with Crippen molar-refractivity contribution in [2.24, 2.45) is 0 Å². The number of aromatic nitrogens is 2. The molecule has 13 heavy (non-hydrogen) atoms. The highest BCUT2D eigenvalue weighted by atomic mass is 32.1. The number of hydrogen-bond acceptors (Lipinski definition) is 6. The average molecular weight is 201 g/mol. The molecule has 1 aromatic rings. The molecule has 1 aromatic heterocycles. The molecule has 0 bridgehead atoms. The second kappa shape index (κ2) is 4.88. The van der Waals surface area contributed by atoms with E-state index in [0.29, 0.717) is 6.54 Å². The monoisotopic (exact) mass is 201 g/mol. The fraction of sp³-hybridized carbons (Fsp3) is 0.571. The van der Waals surface area contributed by atoms with Crippen molar-refractivity contribution < 1.29 is 9.53 Å². The summed E-state index contributed by atoms with van der Waals surface area (Å²) < 4.78 is 8.25. The zero-order valence-electron chi connectivity index (χ0n) is 7.48. The highest BCUT2D eigenvalue weighted by molar-refractivity contribution is 7.03. The first-order chi connectivity index (χ1) is 6.24. The summed E-state index contributed by atoms with van der Waals surface area (Å²) in [5, 5.41) is 8.62. The summed E-state index contributed by atoms with van der Waals surface area (Å²) >= 11 is 1.29. The van der Waals surface area contributed by atoms with Crippen LogP contribution in [0.5, 0.6) is 0 Å². The van der Waals surface area contributed by atoms with E-state index in [2.05, 4.69) is 19.6 Å². The summed E-state index contributed by atoms with van der Waals surface area (Å²) in [6.07, 6.45) is 0. The van der Waals surface area contributed by atoms with Crippen LogP contribution in [0, 0.1) is 0 Å². The van der Waals surface area contributed by atoms with Gasteiger partial charge in [0.2, 0.25) is 0 Å². The molecule has 0 aromatic carbocycles. The van der Waals surface area contributed by atoms with Crippen molar-refractivity contribution >= 4 is 17.5 Å². The van der Waals surface area contributed by atoms with Crippen LogP contribution < -0.4 is 5.32 Å². The lowest BCUT2D eigenvalue weighted by atomic mass is 10.3. The molecule has 0 aliphatic carbocycles. The van der Waals surface area contributed by atoms with Gasteiger partial charge in [-0.15, -0.1) is 5.10 Å². The van der Waals surface area contributed by atoms with Gasteiger partial charge in [0.1, 0.15) is 6.04 Å². The predicted molar refractivity (Wildman–Crippen MR) is 48.2 cm³/mol. The fourth-order valence-electron chi connectivity index (χ4n) is 0.779. The quantitative estimate of drug-likeness (QED) is 0.704. The van der Waals surface area contributed by atoms with Gasteiger partial charge in [-0.05, 0) is 18.5 Å². The average Bonchev–Trinajstić information content (AvgIpc) is 2.65. The van der Waals surface area contributed by atoms with Gasteiger partial charge < -0.3 is 4.74 Å². The first-order valence-electron chi connectivity index (χ1n) is 3.81. The molecular weight excluding hydrogens is 190 g/mol. The molecule has 1 heterocycles. The minimum Gasteiger partial charge on any atom is -0.468 e. The Balaban J connectivity index is 2.30. The Labute approximate surface area is 80.3 Å². The third-order valence-electron chi connectivity index (χ3n) is 1.55. The Hall–Kier alpha value is -1.01. The molecule has 1 N–H and O–H groups in total. The van der Waals surface area contributed by atoms with E-state index in [9.17, 15) is 4.79 Å². The molecule has 0 radical (unpaired) electrons. The normalized spacial score (nSPS) is 12.5. The van der Waals surface area contributed by atoms with Gasteiger partial charge in [-0.25, -0.2) is 0 Å². The molecule has 0 saturated heterocycles. The lowest BCUT2D eigenvalue weighted by Gasteiger charge is -2.09. The van der Waals surface area contributed by atoms with Crippen LogP contribution in [-0.4, -0.2) is 28.7 Å². The molecule has 0 aliphatic heterocycles. The first-order valence-corrected chi connectivity index (χ1v) is 4.65. The number of methoxy groups -OCH3 is 1. The smallest absolute Gasteiger partial charge is 0.322 e. The number of ether oxygens (including phenoxy) is 1. The lowest BCUT2D eigenvalue weighted by molar-refractivity contribution is -0.142. The predicted octanol–water partition coefficient (Wildman–Crippen LogP) is 0.189. The maximum atomic E-state index is 11.0. The third-order valence-corrected chi connectivity index (χ3v) is 2.10. The van der Waals surface area contributed by atoms with Crippen molar-refractivity contribution in [2.75, 3.05) is 7.11 Å². The molecule has 5 nitrogen and oxygen atoms in total. The number of nitrogens with zero attached hydrogens (tertiary/aromatic N) is 2. The number of carbonyl (C=O) groups excluding carboxylic acids is 1. The van der Waals surface area contributed by atoms with Crippen LogP contribution >= 0.6 is 11.5 Å². The molecular formula is C7H11N3O2S. The van der Waals surface area contributed by atoms with Crippen LogP contribution in [0.3, 0.4) is 0 Å². The van der Waals surface area contributed by atoms with Crippen LogP contribution in [0.25, 0.3) is 0 Å². The summed E-state index contributed by atoms with van der Waals surface area (Å²) in [5.41, 5.74) is 0.834. The van der Waals surface area contributed by atoms with Crippen molar-refractivity contribution in [1.29, 1.82) is 0 Å². The second-order valence-corrected chi connectivity index (χ2v) is 3.13. The number of rotatable bonds is 4. The van der Waals surface area contributed by atoms with Gasteiger partial charge >= 0.3 is 5.97 Å². The van der Waals surface area contributed by atoms with Crippen LogP contribution in [0.2, 0.25) is 0 Å². The van der Waals surface area contributed by atoms with E-state index in [1.165, 1.54) is 18.6 Å². The van der Waals surface area contributed by atoms with Gasteiger partial charge in [-0.1, -0.05) is 4.49 Å². The molecule has 0 saturated carbocycles. The SMILES string of the molecule is COC(=O)C(C)NCc1csnn1. The zero-order chi connectivity index (χ0) is 9.68. The zero-order valence-corrected chi connectivity index (χ0v) is 8.30. The van der Waals surface area contributed by atoms with E-state index in [1.807, 2.05) is 5.38 Å². The molecule has 0 aliphatic rings. The maximum Gasteiger partial charge on any atom is 0.322 e. The Morgan fingerprint density at radius 3 is 3.15 bits per heavy atom. The highest BCUT2D eigenvalue weighted by Crippen LogP contribution is 1.97. The Morgan fingerprint density at radius 2 is 2.62 bits per heavy atom. The number of carbonyl (C=O) groups is 1. The lowest BCUT2D eigenvalue weighted by Crippen LogP contribution is -2.34. The van der Waals surface area contributed by atoms with Crippen molar-refractivity contribution in [3.8, 4) is 0 Å². The van der Waals surface area contributed by atoms with Crippen LogP contribution in [-0.2, 0) is 16.1 Å². The van der Waals surface area contributed by atoms with E-state index in [1.54, 1.807) is 6.92 Å². The second-order valence-electron chi connectivity index (χ2n) is 2.52. The summed E-state index contributed by atoms with van der Waals surface area (Å²) in [7, 11) is 1.37. The van der Waals surface area contributed by atoms with Crippen molar-refractivity contribution in [3.05, 3.63) is 11.1 Å². The number of hydrogen-bond donors (Lipinski definition) is 1. The van der Waals surface area contributed by atoms with Gasteiger partial charge in [-0.2, -0.15) is 0 Å². The highest BCUT2D eigenvalue weighted by Gasteiger charge is 2.11. The Bertz CT molecular complexity index is 263. The van der Waals surface area contributed by atoms with Gasteiger partial charge in [-0.3, -0.25) is 10.1 Å². The van der Waals surface area contributed by atoms with E-state index < -0.39 is 0 Å². The number of nitrogens with one attached hydrogen (secondary N) is 1. The van der Waals surface area contributed by atoms with Crippen molar-refractivity contribution in [1.82, 2.24) is 14.9 Å². The maximum absolute atomic E-state index is 11.0. The topological polar surface area (TPSA) is 64.1 Å². The molecule has 1 rings (SSSR count). The van der Waals surface area contributed by atoms with E-state index >= 15 is 0 Å². The number of esters is 1. The minimum atomic E-state index is -0.313. The molecule has 1 unspecified atom stereocenters. The van der Waals surface area contributed by atoms with Crippen molar-refractivity contribution in [3.63, 3.8) is 0 Å². The molecule has 0 amide bonds. The van der Waals surface area contributed by atoms with Gasteiger partial charge in [0, 0.05) is 11.9 Å². The third kappa shape index (κ3) is 3.08. The Kier molecular flexibility index (Phi) is 3.78. The summed E-state index contributed by atoms with van der Waals surface area (Å²) in [6, 6.07) is -0.313. The molecule has 1 atom stereocenters. The van der Waals surface area contributed by atoms with Crippen LogP contribution in [0.15, 0.2) is 5.38 Å². The minimum absolute atomic E-state index is 0.275. The standard InChI is InChI=1S/C7H11N3O2S/c1-5(7(11)12-2)8-3-6-4-13-10-9-6/h4-5,8H,3H2,1-2H3. The Morgan fingerprint density at radius 1 is 1.85 bits per heavy atom. The van der Waals surface area contributed by atoms with Crippen LogP contribution in [0.4, 0.5) is 0 Å². The van der Waals surface area contributed by atoms with Crippen molar-refractivity contribution in [2.45, 2.75) is 19.5 Å². The van der Waals surface area contributed by atoms with Gasteiger partial charge in [0.05, 0.1) is 12.8 Å². The fourth-order valence-corrected chi connectivity index (χ4v) is 1.23. The summed E-state index contributed by atoms with van der Waals surface area (Å²) in [4.78, 5) is 11.0. The molecule has 0 fully saturated rings. The summed E-state index contributed by atoms with van der Waals surface area (Å²) in [5.74, 6) is -0.275. The van der Waals surface area contributed by atoms with E-state index in [-0.39, 0.29) is 12.0 Å². The molecule has 0 spiro atoms. The summed E-state index contributed by atoms with van der Waals surface area (Å²) in [6.45, 7) is 2.28. The van der Waals surface area contributed by atoms with E-state index in [0.717, 1.165) is 5.69 Å². The molecule has 72 valence electrons.